The molecule has 0 aliphatic carbocycles. The molecule has 0 spiro atoms. The molecule has 0 aromatic heterocycles. The maximum atomic E-state index is 3.31. The van der Waals surface area contributed by atoms with E-state index in [0.29, 0.717) is 12.1 Å². The molecule has 1 aliphatic rings. The Balaban J connectivity index is 2.22. The van der Waals surface area contributed by atoms with Gasteiger partial charge < -0.3 is 5.32 Å². The fourth-order valence-electron chi connectivity index (χ4n) is 2.64. The van der Waals surface area contributed by atoms with Crippen molar-refractivity contribution >= 4 is 0 Å². The van der Waals surface area contributed by atoms with Crippen LogP contribution in [0.4, 0.5) is 0 Å². The first-order valence-corrected chi connectivity index (χ1v) is 6.19. The van der Waals surface area contributed by atoms with Crippen LogP contribution in [0.2, 0.25) is 0 Å². The molecule has 0 amide bonds. The number of benzene rings is 1. The SMILES string of the molecule is CNCC1Cc2ccccc2CN1C(C)C. The van der Waals surface area contributed by atoms with E-state index in [1.165, 1.54) is 17.5 Å². The van der Waals surface area contributed by atoms with Crippen LogP contribution >= 0.6 is 0 Å². The van der Waals surface area contributed by atoms with Crippen molar-refractivity contribution in [2.75, 3.05) is 13.6 Å². The quantitative estimate of drug-likeness (QED) is 0.835. The van der Waals surface area contributed by atoms with Crippen molar-refractivity contribution in [3.63, 3.8) is 0 Å². The summed E-state index contributed by atoms with van der Waals surface area (Å²) in [6, 6.07) is 10.1. The molecule has 1 N–H and O–H groups in total. The molecule has 0 fully saturated rings. The zero-order chi connectivity index (χ0) is 11.5. The van der Waals surface area contributed by atoms with Crippen LogP contribution in [0.15, 0.2) is 24.3 Å². The van der Waals surface area contributed by atoms with Gasteiger partial charge in [0.2, 0.25) is 0 Å². The van der Waals surface area contributed by atoms with Crippen LogP contribution < -0.4 is 5.32 Å². The van der Waals surface area contributed by atoms with E-state index < -0.39 is 0 Å². The molecule has 0 radical (unpaired) electrons. The van der Waals surface area contributed by atoms with Gasteiger partial charge >= 0.3 is 0 Å². The molecule has 1 aromatic rings. The summed E-state index contributed by atoms with van der Waals surface area (Å²) in [6.45, 7) is 6.75. The smallest absolute Gasteiger partial charge is 0.0267 e. The van der Waals surface area contributed by atoms with Crippen LogP contribution in [0, 0.1) is 0 Å². The van der Waals surface area contributed by atoms with E-state index in [4.69, 9.17) is 0 Å². The van der Waals surface area contributed by atoms with Crippen LogP contribution in [-0.2, 0) is 13.0 Å². The number of nitrogens with zero attached hydrogens (tertiary/aromatic N) is 1. The molecular weight excluding hydrogens is 196 g/mol. The predicted molar refractivity (Wildman–Crippen MR) is 68.5 cm³/mol. The second-order valence-electron chi connectivity index (χ2n) is 4.95. The lowest BCUT2D eigenvalue weighted by Crippen LogP contribution is -2.48. The Morgan fingerprint density at radius 3 is 2.62 bits per heavy atom. The number of likely N-dealkylation sites (N-methyl/N-ethyl adjacent to an activating group) is 1. The number of fused-ring (bicyclic) bond motifs is 1. The van der Waals surface area contributed by atoms with Crippen LogP contribution in [-0.4, -0.2) is 30.6 Å². The van der Waals surface area contributed by atoms with Crippen molar-refractivity contribution in [1.29, 1.82) is 0 Å². The maximum absolute atomic E-state index is 3.31. The molecule has 1 aliphatic heterocycles. The van der Waals surface area contributed by atoms with Crippen molar-refractivity contribution in [3.8, 4) is 0 Å². The first kappa shape index (κ1) is 11.6. The Morgan fingerprint density at radius 1 is 1.31 bits per heavy atom. The Kier molecular flexibility index (Phi) is 3.62. The largest absolute Gasteiger partial charge is 0.318 e. The zero-order valence-electron chi connectivity index (χ0n) is 10.5. The molecule has 2 heteroatoms. The highest BCUT2D eigenvalue weighted by Gasteiger charge is 2.26. The summed E-state index contributed by atoms with van der Waals surface area (Å²) >= 11 is 0. The van der Waals surface area contributed by atoms with Crippen LogP contribution in [0.25, 0.3) is 0 Å². The molecule has 2 rings (SSSR count). The van der Waals surface area contributed by atoms with Gasteiger partial charge in [0.05, 0.1) is 0 Å². The van der Waals surface area contributed by atoms with Crippen LogP contribution in [0.3, 0.4) is 0 Å². The highest BCUT2D eigenvalue weighted by atomic mass is 15.2. The van der Waals surface area contributed by atoms with Crippen molar-refractivity contribution < 1.29 is 0 Å². The average Bonchev–Trinajstić information content (AvgIpc) is 2.28. The fraction of sp³-hybridized carbons (Fsp3) is 0.571. The molecule has 0 bridgehead atoms. The fourth-order valence-corrected chi connectivity index (χ4v) is 2.64. The maximum Gasteiger partial charge on any atom is 0.0267 e. The highest BCUT2D eigenvalue weighted by Crippen LogP contribution is 2.24. The predicted octanol–water partition coefficient (Wildman–Crippen LogP) is 2.04. The van der Waals surface area contributed by atoms with Crippen LogP contribution in [0.1, 0.15) is 25.0 Å². The summed E-state index contributed by atoms with van der Waals surface area (Å²) in [5, 5.41) is 3.31. The van der Waals surface area contributed by atoms with Crippen molar-refractivity contribution in [2.24, 2.45) is 0 Å². The van der Waals surface area contributed by atoms with Crippen molar-refractivity contribution in [1.82, 2.24) is 10.2 Å². The van der Waals surface area contributed by atoms with E-state index in [1.54, 1.807) is 0 Å². The molecule has 1 heterocycles. The molecule has 1 unspecified atom stereocenters. The van der Waals surface area contributed by atoms with E-state index in [0.717, 1.165) is 13.1 Å². The van der Waals surface area contributed by atoms with Gasteiger partial charge in [0.1, 0.15) is 0 Å². The third-order valence-electron chi connectivity index (χ3n) is 3.50. The third-order valence-corrected chi connectivity index (χ3v) is 3.50. The zero-order valence-corrected chi connectivity index (χ0v) is 10.5. The summed E-state index contributed by atoms with van der Waals surface area (Å²) in [6.07, 6.45) is 1.18. The summed E-state index contributed by atoms with van der Waals surface area (Å²) in [5.74, 6) is 0. The third kappa shape index (κ3) is 2.28. The number of rotatable bonds is 3. The summed E-state index contributed by atoms with van der Waals surface area (Å²) in [4.78, 5) is 2.60. The molecular formula is C14H22N2. The van der Waals surface area contributed by atoms with E-state index >= 15 is 0 Å². The van der Waals surface area contributed by atoms with Gasteiger partial charge in [-0.1, -0.05) is 24.3 Å². The van der Waals surface area contributed by atoms with E-state index in [2.05, 4.69) is 48.3 Å². The van der Waals surface area contributed by atoms with Gasteiger partial charge in [-0.15, -0.1) is 0 Å². The first-order chi connectivity index (χ1) is 7.72. The van der Waals surface area contributed by atoms with Crippen molar-refractivity contribution in [3.05, 3.63) is 35.4 Å². The average molecular weight is 218 g/mol. The second kappa shape index (κ2) is 4.98. The van der Waals surface area contributed by atoms with Gasteiger partial charge in [0, 0.05) is 25.2 Å². The van der Waals surface area contributed by atoms with Crippen LogP contribution in [0.5, 0.6) is 0 Å². The number of hydrogen-bond acceptors (Lipinski definition) is 2. The minimum absolute atomic E-state index is 0.617. The van der Waals surface area contributed by atoms with E-state index in [-0.39, 0.29) is 0 Å². The lowest BCUT2D eigenvalue weighted by molar-refractivity contribution is 0.129. The van der Waals surface area contributed by atoms with Gasteiger partial charge in [-0.2, -0.15) is 0 Å². The first-order valence-electron chi connectivity index (χ1n) is 6.19. The van der Waals surface area contributed by atoms with Gasteiger partial charge in [-0.3, -0.25) is 4.90 Å². The summed E-state index contributed by atoms with van der Waals surface area (Å²) < 4.78 is 0. The lowest BCUT2D eigenvalue weighted by atomic mass is 9.93. The molecule has 2 nitrogen and oxygen atoms in total. The van der Waals surface area contributed by atoms with Crippen molar-refractivity contribution in [2.45, 2.75) is 38.9 Å². The molecule has 0 saturated carbocycles. The summed E-state index contributed by atoms with van der Waals surface area (Å²) in [5.41, 5.74) is 3.03. The highest BCUT2D eigenvalue weighted by molar-refractivity contribution is 5.30. The Labute approximate surface area is 98.7 Å². The topological polar surface area (TPSA) is 15.3 Å². The number of nitrogens with one attached hydrogen (secondary N) is 1. The van der Waals surface area contributed by atoms with E-state index in [9.17, 15) is 0 Å². The monoisotopic (exact) mass is 218 g/mol. The molecule has 88 valence electrons. The number of hydrogen-bond donors (Lipinski definition) is 1. The second-order valence-corrected chi connectivity index (χ2v) is 4.95. The lowest BCUT2D eigenvalue weighted by Gasteiger charge is -2.39. The molecule has 1 aromatic carbocycles. The Bertz CT molecular complexity index is 346. The van der Waals surface area contributed by atoms with Gasteiger partial charge in [0.25, 0.3) is 0 Å². The minimum Gasteiger partial charge on any atom is -0.318 e. The van der Waals surface area contributed by atoms with Gasteiger partial charge in [0.15, 0.2) is 0 Å². The molecule has 1 atom stereocenters. The van der Waals surface area contributed by atoms with Gasteiger partial charge in [-0.25, -0.2) is 0 Å². The molecule has 0 saturated heterocycles. The minimum atomic E-state index is 0.617. The van der Waals surface area contributed by atoms with E-state index in [1.807, 2.05) is 7.05 Å². The molecule has 16 heavy (non-hydrogen) atoms. The normalized spacial score (nSPS) is 21.1. The summed E-state index contributed by atoms with van der Waals surface area (Å²) in [7, 11) is 2.04. The standard InChI is InChI=1S/C14H22N2/c1-11(2)16-10-13-7-5-4-6-12(13)8-14(16)9-15-3/h4-7,11,14-15H,8-10H2,1-3H3. The van der Waals surface area contributed by atoms with Gasteiger partial charge in [-0.05, 0) is 38.4 Å². The Hall–Kier alpha value is -0.860. The Morgan fingerprint density at radius 2 is 2.00 bits per heavy atom.